The van der Waals surface area contributed by atoms with Crippen LogP contribution in [0.5, 0.6) is 0 Å². The van der Waals surface area contributed by atoms with E-state index in [9.17, 15) is 4.39 Å². The normalized spacial score (nSPS) is 10.8. The van der Waals surface area contributed by atoms with Gasteiger partial charge >= 0.3 is 0 Å². The molecule has 0 bridgehead atoms. The van der Waals surface area contributed by atoms with Gasteiger partial charge in [0.25, 0.3) is 0 Å². The molecule has 1 heterocycles. The van der Waals surface area contributed by atoms with Crippen LogP contribution >= 0.6 is 12.2 Å². The zero-order chi connectivity index (χ0) is 14.5. The van der Waals surface area contributed by atoms with Crippen molar-refractivity contribution in [2.75, 3.05) is 5.32 Å². The molecule has 0 radical (unpaired) electrons. The average molecular weight is 291 g/mol. The van der Waals surface area contributed by atoms with Crippen molar-refractivity contribution in [1.29, 1.82) is 0 Å². The van der Waals surface area contributed by atoms with E-state index in [-0.39, 0.29) is 5.82 Å². The Bertz CT molecular complexity index is 637. The van der Waals surface area contributed by atoms with Crippen LogP contribution in [-0.2, 0) is 13.0 Å². The van der Waals surface area contributed by atoms with E-state index in [0.29, 0.717) is 22.7 Å². The van der Waals surface area contributed by atoms with E-state index in [2.05, 4.69) is 29.1 Å². The number of aromatic amines is 1. The van der Waals surface area contributed by atoms with Crippen LogP contribution in [-0.4, -0.2) is 9.97 Å². The highest BCUT2D eigenvalue weighted by Gasteiger charge is 2.04. The first-order valence-corrected chi connectivity index (χ1v) is 7.03. The predicted molar refractivity (Wildman–Crippen MR) is 81.7 cm³/mol. The third kappa shape index (κ3) is 4.13. The molecule has 0 aliphatic heterocycles. The third-order valence-corrected chi connectivity index (χ3v) is 3.03. The van der Waals surface area contributed by atoms with Gasteiger partial charge in [-0.05, 0) is 12.0 Å². The summed E-state index contributed by atoms with van der Waals surface area (Å²) in [5.74, 6) is 1.90. The van der Waals surface area contributed by atoms with Gasteiger partial charge in [0.05, 0.1) is 0 Å². The molecule has 0 unspecified atom stereocenters. The number of aromatic nitrogens is 2. The zero-order valence-electron chi connectivity index (χ0n) is 11.6. The number of halogens is 1. The number of hydrogen-bond donors (Lipinski definition) is 2. The Hall–Kier alpha value is -1.75. The van der Waals surface area contributed by atoms with Crippen molar-refractivity contribution in [2.45, 2.75) is 26.8 Å². The van der Waals surface area contributed by atoms with E-state index >= 15 is 0 Å². The van der Waals surface area contributed by atoms with Gasteiger partial charge in [0, 0.05) is 24.6 Å². The highest BCUT2D eigenvalue weighted by atomic mass is 32.1. The maximum absolute atomic E-state index is 13.5. The summed E-state index contributed by atoms with van der Waals surface area (Å²) in [6, 6.07) is 8.46. The molecule has 2 rings (SSSR count). The van der Waals surface area contributed by atoms with Crippen molar-refractivity contribution < 1.29 is 4.39 Å². The van der Waals surface area contributed by atoms with Crippen molar-refractivity contribution >= 4 is 18.0 Å². The molecule has 2 N–H and O–H groups in total. The Balaban J connectivity index is 2.11. The minimum absolute atomic E-state index is 0.213. The van der Waals surface area contributed by atoms with Crippen LogP contribution in [0.3, 0.4) is 0 Å². The maximum Gasteiger partial charge on any atom is 0.131 e. The first-order chi connectivity index (χ1) is 9.54. The summed E-state index contributed by atoms with van der Waals surface area (Å²) in [5, 5.41) is 3.15. The van der Waals surface area contributed by atoms with Gasteiger partial charge in [-0.15, -0.1) is 0 Å². The molecule has 106 valence electrons. The Morgan fingerprint density at radius 1 is 1.35 bits per heavy atom. The summed E-state index contributed by atoms with van der Waals surface area (Å²) in [6.07, 6.45) is 0.832. The van der Waals surface area contributed by atoms with Gasteiger partial charge in [0.1, 0.15) is 22.1 Å². The van der Waals surface area contributed by atoms with E-state index in [1.54, 1.807) is 18.2 Å². The summed E-state index contributed by atoms with van der Waals surface area (Å²) in [5.41, 5.74) is 0.619. The molecule has 0 saturated carbocycles. The minimum Gasteiger partial charge on any atom is -0.367 e. The van der Waals surface area contributed by atoms with Crippen molar-refractivity contribution in [3.05, 3.63) is 52.2 Å². The molecule has 0 fully saturated rings. The Morgan fingerprint density at radius 3 is 2.80 bits per heavy atom. The topological polar surface area (TPSA) is 40.7 Å². The largest absolute Gasteiger partial charge is 0.367 e. The molecule has 0 aliphatic carbocycles. The summed E-state index contributed by atoms with van der Waals surface area (Å²) >= 11 is 5.15. The predicted octanol–water partition coefficient (Wildman–Crippen LogP) is 4.09. The molecule has 5 heteroatoms. The van der Waals surface area contributed by atoms with Crippen LogP contribution in [0.1, 0.15) is 25.2 Å². The lowest BCUT2D eigenvalue weighted by Crippen LogP contribution is -2.07. The fourth-order valence-corrected chi connectivity index (χ4v) is 2.15. The Kier molecular flexibility index (Phi) is 4.84. The number of anilines is 1. The van der Waals surface area contributed by atoms with Crippen molar-refractivity contribution in [3.8, 4) is 0 Å². The lowest BCUT2D eigenvalue weighted by Gasteiger charge is -2.10. The van der Waals surface area contributed by atoms with Crippen molar-refractivity contribution in [1.82, 2.24) is 9.97 Å². The lowest BCUT2D eigenvalue weighted by molar-refractivity contribution is 0.612. The third-order valence-electron chi connectivity index (χ3n) is 2.82. The van der Waals surface area contributed by atoms with E-state index < -0.39 is 0 Å². The first-order valence-electron chi connectivity index (χ1n) is 6.62. The summed E-state index contributed by atoms with van der Waals surface area (Å²) in [7, 11) is 0. The van der Waals surface area contributed by atoms with E-state index in [4.69, 9.17) is 12.2 Å². The molecule has 1 aromatic carbocycles. The second-order valence-electron chi connectivity index (χ2n) is 5.12. The standard InChI is InChI=1S/C15H18FN3S/c1-10(2)7-14-18-13(8-15(20)19-14)17-9-11-5-3-4-6-12(11)16/h3-6,8,10H,7,9H2,1-2H3,(H2,17,18,19,20). The molecule has 1 aromatic heterocycles. The summed E-state index contributed by atoms with van der Waals surface area (Å²) < 4.78 is 14.1. The van der Waals surface area contributed by atoms with Crippen LogP contribution in [0.25, 0.3) is 0 Å². The molecule has 0 atom stereocenters. The van der Waals surface area contributed by atoms with E-state index in [1.807, 2.05) is 6.07 Å². The zero-order valence-corrected chi connectivity index (χ0v) is 12.4. The summed E-state index contributed by atoms with van der Waals surface area (Å²) in [4.78, 5) is 7.49. The van der Waals surface area contributed by atoms with Gasteiger partial charge in [0.2, 0.25) is 0 Å². The number of hydrogen-bond acceptors (Lipinski definition) is 3. The van der Waals surface area contributed by atoms with Gasteiger partial charge < -0.3 is 10.3 Å². The maximum atomic E-state index is 13.5. The number of nitrogens with zero attached hydrogens (tertiary/aromatic N) is 1. The van der Waals surface area contributed by atoms with Crippen LogP contribution in [0.15, 0.2) is 30.3 Å². The molecule has 20 heavy (non-hydrogen) atoms. The van der Waals surface area contributed by atoms with Crippen LogP contribution in [0.4, 0.5) is 10.2 Å². The first kappa shape index (κ1) is 14.7. The fraction of sp³-hybridized carbons (Fsp3) is 0.333. The molecular weight excluding hydrogens is 273 g/mol. The van der Waals surface area contributed by atoms with Crippen LogP contribution in [0.2, 0.25) is 0 Å². The van der Waals surface area contributed by atoms with Gasteiger partial charge in [-0.2, -0.15) is 0 Å². The summed E-state index contributed by atoms with van der Waals surface area (Å²) in [6.45, 7) is 4.65. The lowest BCUT2D eigenvalue weighted by atomic mass is 10.1. The Morgan fingerprint density at radius 2 is 2.10 bits per heavy atom. The second kappa shape index (κ2) is 6.61. The highest BCUT2D eigenvalue weighted by Crippen LogP contribution is 2.11. The van der Waals surface area contributed by atoms with Crippen molar-refractivity contribution in [3.63, 3.8) is 0 Å². The van der Waals surface area contributed by atoms with E-state index in [0.717, 1.165) is 18.1 Å². The smallest absolute Gasteiger partial charge is 0.131 e. The SMILES string of the molecule is CC(C)Cc1nc(=S)cc(NCc2ccccc2F)[nH]1. The highest BCUT2D eigenvalue weighted by molar-refractivity contribution is 7.71. The quantitative estimate of drug-likeness (QED) is 0.815. The molecule has 0 saturated heterocycles. The number of nitrogens with one attached hydrogen (secondary N) is 2. The second-order valence-corrected chi connectivity index (χ2v) is 5.54. The molecule has 0 spiro atoms. The average Bonchev–Trinajstić information content (AvgIpc) is 2.36. The van der Waals surface area contributed by atoms with Gasteiger partial charge in [-0.3, -0.25) is 0 Å². The minimum atomic E-state index is -0.213. The monoisotopic (exact) mass is 291 g/mol. The molecule has 0 aliphatic rings. The van der Waals surface area contributed by atoms with E-state index in [1.165, 1.54) is 6.07 Å². The molecule has 2 aromatic rings. The van der Waals surface area contributed by atoms with Gasteiger partial charge in [-0.1, -0.05) is 44.3 Å². The molecule has 0 amide bonds. The number of rotatable bonds is 5. The van der Waals surface area contributed by atoms with Gasteiger partial charge in [-0.25, -0.2) is 9.37 Å². The molecular formula is C15H18FN3S. The number of benzene rings is 1. The fourth-order valence-electron chi connectivity index (χ4n) is 1.92. The Labute approximate surface area is 123 Å². The van der Waals surface area contributed by atoms with Crippen LogP contribution < -0.4 is 5.32 Å². The molecule has 3 nitrogen and oxygen atoms in total. The van der Waals surface area contributed by atoms with Crippen molar-refractivity contribution in [2.24, 2.45) is 5.92 Å². The van der Waals surface area contributed by atoms with Crippen LogP contribution in [0, 0.1) is 16.4 Å². The number of H-pyrrole nitrogens is 1. The van der Waals surface area contributed by atoms with Gasteiger partial charge in [0.15, 0.2) is 0 Å².